The largest absolute Gasteiger partial charge is 0.382 e. The molecular weight excluding hydrogens is 108 g/mol. The average molecular weight is 115 g/mol. The van der Waals surface area contributed by atoms with Gasteiger partial charge in [0.25, 0.3) is 4.98 Å². The average Bonchev–Trinajstić information content (AvgIpc) is 1.64. The van der Waals surface area contributed by atoms with Gasteiger partial charge in [0, 0.05) is 6.42 Å². The Balaban J connectivity index is 2.64. The number of nitrogens with two attached hydrogens (primary N) is 1. The van der Waals surface area contributed by atoms with Crippen LogP contribution < -0.4 is 11.2 Å². The van der Waals surface area contributed by atoms with Gasteiger partial charge in [-0.15, -0.1) is 5.43 Å². The van der Waals surface area contributed by atoms with E-state index in [2.05, 4.69) is 10.5 Å². The fraction of sp³-hybridized carbons (Fsp3) is 0.667. The zero-order valence-corrected chi connectivity index (χ0v) is 4.29. The molecule has 0 fully saturated rings. The molecule has 5 heteroatoms. The van der Waals surface area contributed by atoms with Gasteiger partial charge >= 0.3 is 0 Å². The highest BCUT2D eigenvalue weighted by Crippen LogP contribution is 1.84. The van der Waals surface area contributed by atoms with Crippen LogP contribution in [0.15, 0.2) is 5.10 Å². The lowest BCUT2D eigenvalue weighted by Crippen LogP contribution is -2.34. The van der Waals surface area contributed by atoms with Crippen LogP contribution in [0.4, 0.5) is 0 Å². The first kappa shape index (κ1) is 5.02. The van der Waals surface area contributed by atoms with E-state index in [1.165, 1.54) is 0 Å². The molecule has 0 saturated carbocycles. The minimum Gasteiger partial charge on any atom is -0.382 e. The van der Waals surface area contributed by atoms with Gasteiger partial charge in [0.2, 0.25) is 0 Å². The molecule has 0 aromatic carbocycles. The summed E-state index contributed by atoms with van der Waals surface area (Å²) in [4.78, 5) is 10.6. The van der Waals surface area contributed by atoms with Crippen molar-refractivity contribution in [2.75, 3.05) is 6.54 Å². The van der Waals surface area contributed by atoms with Gasteiger partial charge in [-0.1, -0.05) is 0 Å². The second kappa shape index (κ2) is 1.77. The molecule has 1 rings (SSSR count). The molecule has 0 unspecified atom stereocenters. The van der Waals surface area contributed by atoms with Crippen LogP contribution in [-0.4, -0.2) is 17.4 Å². The number of nitroso groups, excluding NO2 is 1. The van der Waals surface area contributed by atoms with Crippen molar-refractivity contribution in [2.24, 2.45) is 10.8 Å². The zero-order valence-electron chi connectivity index (χ0n) is 4.29. The Kier molecular flexibility index (Phi) is 1.11. The summed E-state index contributed by atoms with van der Waals surface area (Å²) < 4.78 is 0. The Hall–Kier alpha value is -1.13. The predicted octanol–water partition coefficient (Wildman–Crippen LogP) is -1.05. The topological polar surface area (TPSA) is 70.5 Å². The van der Waals surface area contributed by atoms with Crippen molar-refractivity contribution in [3.63, 3.8) is 0 Å². The van der Waals surface area contributed by atoms with Crippen molar-refractivity contribution in [3.8, 4) is 0 Å². The number of hydrogen-bond acceptors (Lipinski definition) is 2. The van der Waals surface area contributed by atoms with E-state index in [0.29, 0.717) is 23.8 Å². The molecule has 0 saturated heterocycles. The zero-order chi connectivity index (χ0) is 5.98. The number of hydrazine groups is 1. The van der Waals surface area contributed by atoms with Gasteiger partial charge in [-0.3, -0.25) is 0 Å². The van der Waals surface area contributed by atoms with Crippen LogP contribution in [0.2, 0.25) is 0 Å². The molecule has 0 aliphatic carbocycles. The van der Waals surface area contributed by atoms with Crippen molar-refractivity contribution in [1.82, 2.24) is 5.43 Å². The van der Waals surface area contributed by atoms with Crippen LogP contribution in [0.3, 0.4) is 0 Å². The van der Waals surface area contributed by atoms with Crippen molar-refractivity contribution in [3.05, 3.63) is 4.91 Å². The van der Waals surface area contributed by atoms with Gasteiger partial charge in [-0.25, -0.2) is 0 Å². The number of nitrogens with zero attached hydrogens (tertiary/aromatic N) is 2. The molecule has 0 aromatic heterocycles. The summed E-state index contributed by atoms with van der Waals surface area (Å²) in [5.74, 6) is 0.388. The third-order valence-electron chi connectivity index (χ3n) is 0.847. The fourth-order valence-electron chi connectivity index (χ4n) is 0.482. The van der Waals surface area contributed by atoms with Crippen molar-refractivity contribution in [1.29, 1.82) is 0 Å². The number of rotatable bonds is 0. The molecule has 0 radical (unpaired) electrons. The molecule has 8 heavy (non-hydrogen) atoms. The molecule has 3 N–H and O–H groups in total. The van der Waals surface area contributed by atoms with E-state index >= 15 is 0 Å². The molecule has 0 amide bonds. The Labute approximate surface area is 46.1 Å². The Morgan fingerprint density at radius 1 is 1.88 bits per heavy atom. The van der Waals surface area contributed by atoms with E-state index in [9.17, 15) is 4.91 Å². The number of hydrogen-bond donors (Lipinski definition) is 2. The van der Waals surface area contributed by atoms with E-state index in [0.717, 1.165) is 0 Å². The first-order valence-corrected chi connectivity index (χ1v) is 2.33. The highest BCUT2D eigenvalue weighted by Gasteiger charge is 2.13. The maximum absolute atomic E-state index is 10.2. The summed E-state index contributed by atoms with van der Waals surface area (Å²) in [6.45, 7) is 0.582. The van der Waals surface area contributed by atoms with Crippen LogP contribution in [0.5, 0.6) is 0 Å². The molecule has 1 aliphatic heterocycles. The highest BCUT2D eigenvalue weighted by molar-refractivity contribution is 5.79. The summed E-state index contributed by atoms with van der Waals surface area (Å²) in [5.41, 5.74) is 7.62. The SMILES string of the molecule is NC1=N[N+](=O)NCC1. The first-order valence-electron chi connectivity index (χ1n) is 2.33. The van der Waals surface area contributed by atoms with E-state index in [-0.39, 0.29) is 0 Å². The second-order valence-electron chi connectivity index (χ2n) is 1.52. The number of hydrazone groups is 1. The maximum Gasteiger partial charge on any atom is 0.280 e. The van der Waals surface area contributed by atoms with E-state index in [4.69, 9.17) is 5.73 Å². The molecule has 0 aromatic rings. The molecule has 1 aliphatic rings. The summed E-state index contributed by atoms with van der Waals surface area (Å²) >= 11 is 0. The van der Waals surface area contributed by atoms with Crippen molar-refractivity contribution >= 4 is 5.84 Å². The third-order valence-corrected chi connectivity index (χ3v) is 0.847. The van der Waals surface area contributed by atoms with Gasteiger partial charge in [0.1, 0.15) is 0 Å². The molecule has 0 atom stereocenters. The van der Waals surface area contributed by atoms with Gasteiger partial charge in [-0.2, -0.15) is 0 Å². The third kappa shape index (κ3) is 0.927. The summed E-state index contributed by atoms with van der Waals surface area (Å²) in [6.07, 6.45) is 0.652. The Morgan fingerprint density at radius 2 is 2.62 bits per heavy atom. The highest BCUT2D eigenvalue weighted by atomic mass is 16.4. The van der Waals surface area contributed by atoms with E-state index in [1.54, 1.807) is 0 Å². The Morgan fingerprint density at radius 3 is 3.00 bits per heavy atom. The van der Waals surface area contributed by atoms with Gasteiger partial charge in [-0.05, 0) is 0 Å². The quantitative estimate of drug-likeness (QED) is 0.395. The first-order chi connectivity index (χ1) is 3.79. The molecule has 0 bridgehead atoms. The Bertz CT molecular complexity index is 140. The van der Waals surface area contributed by atoms with Gasteiger partial charge in [0.05, 0.1) is 16.6 Å². The van der Waals surface area contributed by atoms with Gasteiger partial charge in [0.15, 0.2) is 5.84 Å². The lowest BCUT2D eigenvalue weighted by molar-refractivity contribution is -0.615. The van der Waals surface area contributed by atoms with Gasteiger partial charge < -0.3 is 5.73 Å². The minimum absolute atomic E-state index is 0.374. The molecule has 44 valence electrons. The summed E-state index contributed by atoms with van der Waals surface area (Å²) in [5, 5.41) is 3.34. The fourth-order valence-corrected chi connectivity index (χ4v) is 0.482. The van der Waals surface area contributed by atoms with Crippen LogP contribution in [0.1, 0.15) is 6.42 Å². The summed E-state index contributed by atoms with van der Waals surface area (Å²) in [6, 6.07) is 0. The molecule has 1 heterocycles. The standard InChI is InChI=1S/C3H7N4O/c4-3-1-2-5-7(8)6-3/h1-2H2,(H3,4,5,6,8)/q+1. The molecule has 0 spiro atoms. The number of amidine groups is 1. The molecular formula is C3H7N4O+. The number of nitrogens with one attached hydrogen (secondary N) is 1. The van der Waals surface area contributed by atoms with Crippen molar-refractivity contribution < 1.29 is 4.98 Å². The smallest absolute Gasteiger partial charge is 0.280 e. The monoisotopic (exact) mass is 115 g/mol. The lowest BCUT2D eigenvalue weighted by atomic mass is 10.4. The second-order valence-corrected chi connectivity index (χ2v) is 1.52. The summed E-state index contributed by atoms with van der Waals surface area (Å²) in [7, 11) is 0. The molecule has 5 nitrogen and oxygen atoms in total. The normalized spacial score (nSPS) is 19.5. The minimum atomic E-state index is 0.374. The predicted molar refractivity (Wildman–Crippen MR) is 27.9 cm³/mol. The maximum atomic E-state index is 10.2. The van der Waals surface area contributed by atoms with E-state index < -0.39 is 0 Å². The van der Waals surface area contributed by atoms with Crippen LogP contribution in [0, 0.1) is 4.91 Å². The lowest BCUT2D eigenvalue weighted by Gasteiger charge is -1.97. The van der Waals surface area contributed by atoms with Crippen LogP contribution in [-0.2, 0) is 0 Å². The van der Waals surface area contributed by atoms with Crippen molar-refractivity contribution in [2.45, 2.75) is 6.42 Å². The van der Waals surface area contributed by atoms with Crippen LogP contribution in [0.25, 0.3) is 0 Å². The van der Waals surface area contributed by atoms with E-state index in [1.807, 2.05) is 0 Å². The van der Waals surface area contributed by atoms with Crippen LogP contribution >= 0.6 is 0 Å².